The predicted octanol–water partition coefficient (Wildman–Crippen LogP) is 5.76. The number of hydrogen-bond donors (Lipinski definition) is 1. The number of carbonyl (C=O) groups is 2. The summed E-state index contributed by atoms with van der Waals surface area (Å²) in [5.41, 5.74) is 4.06. The van der Waals surface area contributed by atoms with E-state index in [2.05, 4.69) is 5.32 Å². The molecule has 1 aliphatic heterocycles. The van der Waals surface area contributed by atoms with Crippen LogP contribution in [0.4, 0.5) is 17.1 Å². The molecule has 2 amide bonds. The summed E-state index contributed by atoms with van der Waals surface area (Å²) in [4.78, 5) is 30.1. The standard InChI is InChI=1S/C25H21Cl2N3O2/c1-15-4-9-18(14-21(15)27)28-23-22(16-5-7-17(26)8-6-16)24(31)30(25(23)32)20-12-10-19(11-13-20)29(2)3/h4-14,28H,1-3H3. The second-order valence-electron chi connectivity index (χ2n) is 7.70. The topological polar surface area (TPSA) is 52.7 Å². The molecule has 0 radical (unpaired) electrons. The Bertz CT molecular complexity index is 1230. The molecule has 0 bridgehead atoms. The number of nitrogens with zero attached hydrogens (tertiary/aromatic N) is 2. The van der Waals surface area contributed by atoms with E-state index in [4.69, 9.17) is 23.2 Å². The van der Waals surface area contributed by atoms with Crippen LogP contribution in [0.3, 0.4) is 0 Å². The minimum Gasteiger partial charge on any atom is -0.378 e. The van der Waals surface area contributed by atoms with Crippen molar-refractivity contribution >= 4 is 57.7 Å². The molecule has 1 aliphatic rings. The Morgan fingerprint density at radius 2 is 1.50 bits per heavy atom. The Hall–Kier alpha value is -3.28. The van der Waals surface area contributed by atoms with Crippen molar-refractivity contribution in [3.8, 4) is 0 Å². The molecule has 0 saturated carbocycles. The number of anilines is 3. The van der Waals surface area contributed by atoms with E-state index in [1.165, 1.54) is 4.90 Å². The Balaban J connectivity index is 1.79. The Morgan fingerprint density at radius 3 is 2.09 bits per heavy atom. The van der Waals surface area contributed by atoms with Gasteiger partial charge in [-0.05, 0) is 66.6 Å². The molecule has 1 N–H and O–H groups in total. The molecule has 0 fully saturated rings. The zero-order valence-electron chi connectivity index (χ0n) is 17.8. The van der Waals surface area contributed by atoms with Crippen molar-refractivity contribution < 1.29 is 9.59 Å². The average molecular weight is 466 g/mol. The fourth-order valence-electron chi connectivity index (χ4n) is 3.48. The first-order valence-electron chi connectivity index (χ1n) is 9.96. The van der Waals surface area contributed by atoms with Crippen molar-refractivity contribution in [2.24, 2.45) is 0 Å². The number of aryl methyl sites for hydroxylation is 1. The van der Waals surface area contributed by atoms with Crippen LogP contribution in [0.1, 0.15) is 11.1 Å². The van der Waals surface area contributed by atoms with Crippen LogP contribution in [-0.2, 0) is 9.59 Å². The van der Waals surface area contributed by atoms with Crippen LogP contribution in [0, 0.1) is 6.92 Å². The van der Waals surface area contributed by atoms with Crippen molar-refractivity contribution in [1.82, 2.24) is 0 Å². The fourth-order valence-corrected chi connectivity index (χ4v) is 3.79. The van der Waals surface area contributed by atoms with Crippen LogP contribution in [0.15, 0.2) is 72.4 Å². The Morgan fingerprint density at radius 1 is 0.844 bits per heavy atom. The summed E-state index contributed by atoms with van der Waals surface area (Å²) in [7, 11) is 3.85. The number of rotatable bonds is 5. The normalized spacial score (nSPS) is 13.7. The Labute approximate surface area is 196 Å². The van der Waals surface area contributed by atoms with Crippen LogP contribution >= 0.6 is 23.2 Å². The molecule has 3 aromatic rings. The first-order valence-corrected chi connectivity index (χ1v) is 10.7. The summed E-state index contributed by atoms with van der Waals surface area (Å²) in [5.74, 6) is -0.843. The summed E-state index contributed by atoms with van der Waals surface area (Å²) in [6, 6.07) is 19.5. The van der Waals surface area contributed by atoms with Gasteiger partial charge in [0.05, 0.1) is 11.3 Å². The fraction of sp³-hybridized carbons (Fsp3) is 0.120. The van der Waals surface area contributed by atoms with Crippen molar-refractivity contribution in [1.29, 1.82) is 0 Å². The maximum Gasteiger partial charge on any atom is 0.282 e. The van der Waals surface area contributed by atoms with Gasteiger partial charge >= 0.3 is 0 Å². The molecule has 0 atom stereocenters. The van der Waals surface area contributed by atoms with E-state index in [1.54, 1.807) is 42.5 Å². The quantitative estimate of drug-likeness (QED) is 0.486. The summed E-state index contributed by atoms with van der Waals surface area (Å²) < 4.78 is 0. The molecule has 0 saturated heterocycles. The number of carbonyl (C=O) groups excluding carboxylic acids is 2. The zero-order valence-corrected chi connectivity index (χ0v) is 19.3. The minimum absolute atomic E-state index is 0.189. The Kier molecular flexibility index (Phi) is 5.96. The molecule has 4 rings (SSSR count). The molecule has 0 aromatic heterocycles. The first kappa shape index (κ1) is 21.9. The van der Waals surface area contributed by atoms with Gasteiger partial charge in [0.2, 0.25) is 0 Å². The molecule has 32 heavy (non-hydrogen) atoms. The van der Waals surface area contributed by atoms with Crippen LogP contribution in [0.5, 0.6) is 0 Å². The van der Waals surface area contributed by atoms with Crippen molar-refractivity contribution in [3.63, 3.8) is 0 Å². The van der Waals surface area contributed by atoms with Gasteiger partial charge in [0, 0.05) is 35.5 Å². The van der Waals surface area contributed by atoms with Crippen LogP contribution < -0.4 is 15.1 Å². The third kappa shape index (κ3) is 4.09. The van der Waals surface area contributed by atoms with E-state index in [1.807, 2.05) is 50.2 Å². The van der Waals surface area contributed by atoms with Crippen LogP contribution in [-0.4, -0.2) is 25.9 Å². The highest BCUT2D eigenvalue weighted by molar-refractivity contribution is 6.46. The molecule has 3 aromatic carbocycles. The van der Waals surface area contributed by atoms with E-state index in [0.717, 1.165) is 11.3 Å². The van der Waals surface area contributed by atoms with Gasteiger partial charge in [-0.3, -0.25) is 9.59 Å². The summed E-state index contributed by atoms with van der Waals surface area (Å²) >= 11 is 12.3. The van der Waals surface area contributed by atoms with Crippen molar-refractivity contribution in [3.05, 3.63) is 93.6 Å². The lowest BCUT2D eigenvalue weighted by molar-refractivity contribution is -0.120. The first-order chi connectivity index (χ1) is 15.3. The predicted molar refractivity (Wildman–Crippen MR) is 131 cm³/mol. The molecule has 0 aliphatic carbocycles. The highest BCUT2D eigenvalue weighted by Crippen LogP contribution is 2.35. The van der Waals surface area contributed by atoms with Crippen molar-refractivity contribution in [2.45, 2.75) is 6.92 Å². The summed E-state index contributed by atoms with van der Waals surface area (Å²) in [5, 5.41) is 4.23. The number of amides is 2. The SMILES string of the molecule is Cc1ccc(NC2=C(c3ccc(Cl)cc3)C(=O)N(c3ccc(N(C)C)cc3)C2=O)cc1Cl. The third-order valence-electron chi connectivity index (χ3n) is 5.28. The van der Waals surface area contributed by atoms with Gasteiger partial charge < -0.3 is 10.2 Å². The van der Waals surface area contributed by atoms with Gasteiger partial charge in [0.15, 0.2) is 0 Å². The van der Waals surface area contributed by atoms with Crippen LogP contribution in [0.2, 0.25) is 10.0 Å². The number of halogens is 2. The lowest BCUT2D eigenvalue weighted by Gasteiger charge is -2.18. The van der Waals surface area contributed by atoms with E-state index in [9.17, 15) is 9.59 Å². The molecule has 7 heteroatoms. The smallest absolute Gasteiger partial charge is 0.282 e. The van der Waals surface area contributed by atoms with E-state index >= 15 is 0 Å². The highest BCUT2D eigenvalue weighted by Gasteiger charge is 2.40. The van der Waals surface area contributed by atoms with Crippen LogP contribution in [0.25, 0.3) is 5.57 Å². The van der Waals surface area contributed by atoms with Gasteiger partial charge in [0.1, 0.15) is 5.70 Å². The lowest BCUT2D eigenvalue weighted by atomic mass is 10.0. The third-order valence-corrected chi connectivity index (χ3v) is 5.94. The molecule has 162 valence electrons. The lowest BCUT2D eigenvalue weighted by Crippen LogP contribution is -2.32. The molecule has 1 heterocycles. The van der Waals surface area contributed by atoms with Gasteiger partial charge in [0.25, 0.3) is 11.8 Å². The minimum atomic E-state index is -0.436. The van der Waals surface area contributed by atoms with Gasteiger partial charge in [-0.2, -0.15) is 0 Å². The molecular weight excluding hydrogens is 445 g/mol. The maximum atomic E-state index is 13.5. The molecule has 0 spiro atoms. The zero-order chi connectivity index (χ0) is 23.0. The number of hydrogen-bond acceptors (Lipinski definition) is 4. The number of benzene rings is 3. The monoisotopic (exact) mass is 465 g/mol. The molecular formula is C25H21Cl2N3O2. The van der Waals surface area contributed by atoms with E-state index < -0.39 is 11.8 Å². The maximum absolute atomic E-state index is 13.5. The van der Waals surface area contributed by atoms with Gasteiger partial charge in [-0.15, -0.1) is 0 Å². The molecule has 5 nitrogen and oxygen atoms in total. The van der Waals surface area contributed by atoms with E-state index in [0.29, 0.717) is 27.0 Å². The second-order valence-corrected chi connectivity index (χ2v) is 8.55. The summed E-state index contributed by atoms with van der Waals surface area (Å²) in [6.07, 6.45) is 0. The highest BCUT2D eigenvalue weighted by atomic mass is 35.5. The van der Waals surface area contributed by atoms with Crippen molar-refractivity contribution in [2.75, 3.05) is 29.2 Å². The van der Waals surface area contributed by atoms with E-state index in [-0.39, 0.29) is 11.3 Å². The second kappa shape index (κ2) is 8.69. The van der Waals surface area contributed by atoms with Gasteiger partial charge in [-0.25, -0.2) is 4.90 Å². The number of imide groups is 1. The average Bonchev–Trinajstić information content (AvgIpc) is 3.01. The van der Waals surface area contributed by atoms with Gasteiger partial charge in [-0.1, -0.05) is 41.4 Å². The summed E-state index contributed by atoms with van der Waals surface area (Å²) in [6.45, 7) is 1.90. The largest absolute Gasteiger partial charge is 0.378 e. The molecule has 0 unspecified atom stereocenters. The number of nitrogens with one attached hydrogen (secondary N) is 1.